The Morgan fingerprint density at radius 3 is 2.59 bits per heavy atom. The van der Waals surface area contributed by atoms with Crippen LogP contribution in [0.1, 0.15) is 27.2 Å². The van der Waals surface area contributed by atoms with Crippen molar-refractivity contribution in [3.05, 3.63) is 0 Å². The van der Waals surface area contributed by atoms with Gasteiger partial charge in [-0.2, -0.15) is 0 Å². The molecular formula is C11H20F2N2O2. The predicted octanol–water partition coefficient (Wildman–Crippen LogP) is 1.76. The lowest BCUT2D eigenvalue weighted by Crippen LogP contribution is -2.45. The maximum Gasteiger partial charge on any atom is 0.407 e. The molecule has 0 bridgehead atoms. The molecule has 0 saturated carbocycles. The maximum atomic E-state index is 13.0. The van der Waals surface area contributed by atoms with Gasteiger partial charge in [0.25, 0.3) is 0 Å². The van der Waals surface area contributed by atoms with Crippen molar-refractivity contribution in [2.75, 3.05) is 19.6 Å². The summed E-state index contributed by atoms with van der Waals surface area (Å²) in [5.41, 5.74) is -1.77. The molecule has 0 aromatic rings. The fourth-order valence-corrected chi connectivity index (χ4v) is 1.74. The Bertz CT molecular complexity index is 271. The third-order valence-electron chi connectivity index (χ3n) is 2.72. The summed E-state index contributed by atoms with van der Waals surface area (Å²) in [7, 11) is 0. The van der Waals surface area contributed by atoms with Crippen molar-refractivity contribution < 1.29 is 18.3 Å². The standard InChI is InChI=1S/C11H20F2N2O2/c1-10(2,3)17-9(16)15-7-11(8(12)13)4-5-14-6-11/h8,14H,4-7H2,1-3H3,(H,15,16)/t11-/m0/s1. The number of hydrogen-bond acceptors (Lipinski definition) is 3. The van der Waals surface area contributed by atoms with Crippen molar-refractivity contribution in [2.45, 2.75) is 39.2 Å². The minimum Gasteiger partial charge on any atom is -0.444 e. The molecule has 4 nitrogen and oxygen atoms in total. The number of carbonyl (C=O) groups excluding carboxylic acids is 1. The van der Waals surface area contributed by atoms with Gasteiger partial charge < -0.3 is 15.4 Å². The largest absolute Gasteiger partial charge is 0.444 e. The fourth-order valence-electron chi connectivity index (χ4n) is 1.74. The third-order valence-corrected chi connectivity index (χ3v) is 2.72. The molecule has 1 atom stereocenters. The summed E-state index contributed by atoms with van der Waals surface area (Å²) >= 11 is 0. The first-order chi connectivity index (χ1) is 7.75. The van der Waals surface area contributed by atoms with E-state index in [1.54, 1.807) is 20.8 Å². The van der Waals surface area contributed by atoms with Gasteiger partial charge in [0, 0.05) is 13.1 Å². The number of alkyl halides is 2. The second kappa shape index (κ2) is 5.16. The number of carbonyl (C=O) groups is 1. The smallest absolute Gasteiger partial charge is 0.407 e. The lowest BCUT2D eigenvalue weighted by atomic mass is 9.87. The van der Waals surface area contributed by atoms with Crippen molar-refractivity contribution >= 4 is 6.09 Å². The molecule has 0 unspecified atom stereocenters. The summed E-state index contributed by atoms with van der Waals surface area (Å²) in [6.07, 6.45) is -2.74. The van der Waals surface area contributed by atoms with E-state index >= 15 is 0 Å². The average molecular weight is 250 g/mol. The number of hydrogen-bond donors (Lipinski definition) is 2. The van der Waals surface area contributed by atoms with E-state index in [0.29, 0.717) is 13.0 Å². The van der Waals surface area contributed by atoms with Crippen molar-refractivity contribution in [2.24, 2.45) is 5.41 Å². The zero-order valence-corrected chi connectivity index (χ0v) is 10.5. The molecule has 0 aromatic heterocycles. The van der Waals surface area contributed by atoms with Gasteiger partial charge in [-0.1, -0.05) is 0 Å². The highest BCUT2D eigenvalue weighted by Gasteiger charge is 2.43. The number of ether oxygens (including phenoxy) is 1. The average Bonchev–Trinajstić information content (AvgIpc) is 2.61. The lowest BCUT2D eigenvalue weighted by molar-refractivity contribution is 0.00383. The quantitative estimate of drug-likeness (QED) is 0.802. The number of alkyl carbamates (subject to hydrolysis) is 1. The van der Waals surface area contributed by atoms with Crippen LogP contribution in [0.15, 0.2) is 0 Å². The lowest BCUT2D eigenvalue weighted by Gasteiger charge is -2.28. The van der Waals surface area contributed by atoms with Crippen LogP contribution in [0.5, 0.6) is 0 Å². The normalized spacial score (nSPS) is 25.1. The Kier molecular flexibility index (Phi) is 4.30. The Labute approximate surface area is 100 Å². The van der Waals surface area contributed by atoms with Crippen LogP contribution < -0.4 is 10.6 Å². The summed E-state index contributed by atoms with van der Waals surface area (Å²) in [6.45, 7) is 5.90. The van der Waals surface area contributed by atoms with E-state index in [1.807, 2.05) is 0 Å². The Morgan fingerprint density at radius 2 is 2.18 bits per heavy atom. The van der Waals surface area contributed by atoms with Gasteiger partial charge >= 0.3 is 6.09 Å². The molecular weight excluding hydrogens is 230 g/mol. The fraction of sp³-hybridized carbons (Fsp3) is 0.909. The second-order valence-corrected chi connectivity index (χ2v) is 5.45. The molecule has 0 spiro atoms. The van der Waals surface area contributed by atoms with Crippen LogP contribution in [0, 0.1) is 5.41 Å². The van der Waals surface area contributed by atoms with Gasteiger partial charge in [0.05, 0.1) is 5.41 Å². The highest BCUT2D eigenvalue weighted by molar-refractivity contribution is 5.67. The van der Waals surface area contributed by atoms with Gasteiger partial charge in [-0.3, -0.25) is 0 Å². The molecule has 1 fully saturated rings. The number of amides is 1. The summed E-state index contributed by atoms with van der Waals surface area (Å²) in [5.74, 6) is 0. The molecule has 6 heteroatoms. The Hall–Kier alpha value is -0.910. The van der Waals surface area contributed by atoms with E-state index in [4.69, 9.17) is 4.74 Å². The molecule has 0 aromatic carbocycles. The van der Waals surface area contributed by atoms with Crippen LogP contribution in [0.2, 0.25) is 0 Å². The first-order valence-electron chi connectivity index (χ1n) is 5.71. The maximum absolute atomic E-state index is 13.0. The van der Waals surface area contributed by atoms with Crippen molar-refractivity contribution in [1.82, 2.24) is 10.6 Å². The summed E-state index contributed by atoms with van der Waals surface area (Å²) in [6, 6.07) is 0. The van der Waals surface area contributed by atoms with Crippen LogP contribution in [-0.2, 0) is 4.74 Å². The zero-order chi connectivity index (χ0) is 13.1. The molecule has 0 radical (unpaired) electrons. The van der Waals surface area contributed by atoms with Crippen LogP contribution >= 0.6 is 0 Å². The van der Waals surface area contributed by atoms with Gasteiger partial charge in [0.1, 0.15) is 5.60 Å². The van der Waals surface area contributed by atoms with Crippen molar-refractivity contribution in [1.29, 1.82) is 0 Å². The van der Waals surface area contributed by atoms with Gasteiger partial charge in [-0.15, -0.1) is 0 Å². The van der Waals surface area contributed by atoms with Crippen LogP contribution in [0.4, 0.5) is 13.6 Å². The van der Waals surface area contributed by atoms with Gasteiger partial charge in [0.2, 0.25) is 6.43 Å². The van der Waals surface area contributed by atoms with E-state index in [-0.39, 0.29) is 13.1 Å². The minimum absolute atomic E-state index is 0.0629. The van der Waals surface area contributed by atoms with Gasteiger partial charge in [-0.25, -0.2) is 13.6 Å². The summed E-state index contributed by atoms with van der Waals surface area (Å²) < 4.78 is 30.9. The molecule has 2 N–H and O–H groups in total. The molecule has 1 aliphatic heterocycles. The van der Waals surface area contributed by atoms with Crippen LogP contribution in [-0.4, -0.2) is 37.8 Å². The molecule has 1 aliphatic rings. The SMILES string of the molecule is CC(C)(C)OC(=O)NC[C@]1(C(F)F)CCNC1. The second-order valence-electron chi connectivity index (χ2n) is 5.45. The Morgan fingerprint density at radius 1 is 1.53 bits per heavy atom. The molecule has 1 amide bonds. The molecule has 1 rings (SSSR count). The Balaban J connectivity index is 2.45. The monoisotopic (exact) mass is 250 g/mol. The first kappa shape index (κ1) is 14.2. The highest BCUT2D eigenvalue weighted by Crippen LogP contribution is 2.32. The van der Waals surface area contributed by atoms with Crippen molar-refractivity contribution in [3.63, 3.8) is 0 Å². The van der Waals surface area contributed by atoms with Gasteiger partial charge in [-0.05, 0) is 33.7 Å². The zero-order valence-electron chi connectivity index (χ0n) is 10.5. The van der Waals surface area contributed by atoms with E-state index < -0.39 is 23.5 Å². The van der Waals surface area contributed by atoms with E-state index in [1.165, 1.54) is 0 Å². The molecule has 1 saturated heterocycles. The highest BCUT2D eigenvalue weighted by atomic mass is 19.3. The van der Waals surface area contributed by atoms with E-state index in [0.717, 1.165) is 0 Å². The van der Waals surface area contributed by atoms with Crippen LogP contribution in [0.25, 0.3) is 0 Å². The van der Waals surface area contributed by atoms with E-state index in [2.05, 4.69) is 10.6 Å². The molecule has 0 aliphatic carbocycles. The first-order valence-corrected chi connectivity index (χ1v) is 5.71. The number of halogens is 2. The van der Waals surface area contributed by atoms with Crippen LogP contribution in [0.3, 0.4) is 0 Å². The topological polar surface area (TPSA) is 50.4 Å². The molecule has 100 valence electrons. The third kappa shape index (κ3) is 4.11. The molecule has 17 heavy (non-hydrogen) atoms. The number of nitrogens with one attached hydrogen (secondary N) is 2. The summed E-state index contributed by atoms with van der Waals surface area (Å²) in [5, 5.41) is 5.32. The minimum atomic E-state index is -2.45. The number of rotatable bonds is 3. The van der Waals surface area contributed by atoms with Crippen molar-refractivity contribution in [3.8, 4) is 0 Å². The predicted molar refractivity (Wildman–Crippen MR) is 60.2 cm³/mol. The van der Waals surface area contributed by atoms with E-state index in [9.17, 15) is 13.6 Å². The van der Waals surface area contributed by atoms with Gasteiger partial charge in [0.15, 0.2) is 0 Å². The summed E-state index contributed by atoms with van der Waals surface area (Å²) in [4.78, 5) is 11.4. The molecule has 1 heterocycles.